The van der Waals surface area contributed by atoms with E-state index in [1.165, 1.54) is 18.2 Å². The summed E-state index contributed by atoms with van der Waals surface area (Å²) in [5.74, 6) is 0.0312. The average Bonchev–Trinajstić information content (AvgIpc) is 3.14. The number of nitrogens with one attached hydrogen (secondary N) is 3. The number of benzene rings is 1. The first-order valence-electron chi connectivity index (χ1n) is 10.3. The zero-order valence-corrected chi connectivity index (χ0v) is 18.3. The fourth-order valence-electron chi connectivity index (χ4n) is 3.91. The number of piperidine rings is 1. The van der Waals surface area contributed by atoms with E-state index in [0.717, 1.165) is 31.6 Å². The Morgan fingerprint density at radius 2 is 2.03 bits per heavy atom. The highest BCUT2D eigenvalue weighted by molar-refractivity contribution is 6.43. The van der Waals surface area contributed by atoms with E-state index in [-0.39, 0.29) is 30.9 Å². The Hall–Kier alpha value is -2.71. The molecule has 1 aromatic carbocycles. The predicted octanol–water partition coefficient (Wildman–Crippen LogP) is 3.18. The summed E-state index contributed by atoms with van der Waals surface area (Å²) in [6, 6.07) is 3.98. The van der Waals surface area contributed by atoms with E-state index < -0.39 is 5.82 Å². The van der Waals surface area contributed by atoms with E-state index in [4.69, 9.17) is 21.7 Å². The summed E-state index contributed by atoms with van der Waals surface area (Å²) in [5, 5.41) is 15.3. The fraction of sp³-hybridized carbons (Fsp3) is 0.409. The largest absolute Gasteiger partial charge is 0.489 e. The monoisotopic (exact) mass is 445 g/mol. The minimum atomic E-state index is -0.451. The second-order valence-electron chi connectivity index (χ2n) is 7.94. The molecule has 0 spiro atoms. The van der Waals surface area contributed by atoms with Crippen molar-refractivity contribution in [2.24, 2.45) is 4.99 Å². The molecule has 3 N–H and O–H groups in total. The van der Waals surface area contributed by atoms with Crippen LogP contribution in [-0.2, 0) is 0 Å². The highest BCUT2D eigenvalue weighted by Gasteiger charge is 2.32. The molecule has 9 heteroatoms. The van der Waals surface area contributed by atoms with Gasteiger partial charge in [-0.25, -0.2) is 9.38 Å². The highest BCUT2D eigenvalue weighted by Crippen LogP contribution is 2.28. The average molecular weight is 446 g/mol. The topological polar surface area (TPSA) is 89.8 Å². The Labute approximate surface area is 185 Å². The lowest BCUT2D eigenvalue weighted by atomic mass is 10.1. The number of carbonyl (C=O) groups excluding carboxylic acids is 1. The van der Waals surface area contributed by atoms with E-state index in [1.807, 2.05) is 6.92 Å². The van der Waals surface area contributed by atoms with Gasteiger partial charge in [-0.3, -0.25) is 4.79 Å². The van der Waals surface area contributed by atoms with Crippen LogP contribution in [0.5, 0.6) is 5.75 Å². The molecule has 2 fully saturated rings. The van der Waals surface area contributed by atoms with Crippen LogP contribution >= 0.6 is 11.6 Å². The van der Waals surface area contributed by atoms with Gasteiger partial charge in [-0.15, -0.1) is 0 Å². The van der Waals surface area contributed by atoms with Crippen LogP contribution in [0.25, 0.3) is 0 Å². The zero-order chi connectivity index (χ0) is 22.1. The molecule has 0 saturated carbocycles. The summed E-state index contributed by atoms with van der Waals surface area (Å²) in [6.45, 7) is 5.67. The van der Waals surface area contributed by atoms with E-state index in [1.54, 1.807) is 11.8 Å². The maximum absolute atomic E-state index is 13.9. The van der Waals surface area contributed by atoms with Gasteiger partial charge in [0.15, 0.2) is 0 Å². The molecule has 0 radical (unpaired) electrons. The van der Waals surface area contributed by atoms with Gasteiger partial charge in [0.2, 0.25) is 0 Å². The normalized spacial score (nSPS) is 22.5. The molecule has 0 bridgehead atoms. The Morgan fingerprint density at radius 3 is 2.74 bits per heavy atom. The van der Waals surface area contributed by atoms with Gasteiger partial charge in [0.1, 0.15) is 23.5 Å². The first-order valence-corrected chi connectivity index (χ1v) is 10.7. The summed E-state index contributed by atoms with van der Waals surface area (Å²) >= 11 is 6.19. The fourth-order valence-corrected chi connectivity index (χ4v) is 4.00. The molecular weight excluding hydrogens is 421 g/mol. The van der Waals surface area contributed by atoms with Crippen molar-refractivity contribution in [3.63, 3.8) is 0 Å². The van der Waals surface area contributed by atoms with Crippen molar-refractivity contribution in [1.82, 2.24) is 15.5 Å². The van der Waals surface area contributed by atoms with Crippen molar-refractivity contribution >= 4 is 28.9 Å². The quantitative estimate of drug-likeness (QED) is 0.666. The first-order chi connectivity index (χ1) is 14.8. The first kappa shape index (κ1) is 21.5. The minimum absolute atomic E-state index is 0.0626. The van der Waals surface area contributed by atoms with Gasteiger partial charge in [0.05, 0.1) is 35.1 Å². The third-order valence-corrected chi connectivity index (χ3v) is 6.18. The van der Waals surface area contributed by atoms with Crippen molar-refractivity contribution < 1.29 is 13.9 Å². The van der Waals surface area contributed by atoms with Crippen LogP contribution in [0.2, 0.25) is 0 Å². The molecule has 0 unspecified atom stereocenters. The summed E-state index contributed by atoms with van der Waals surface area (Å²) in [4.78, 5) is 19.3. The molecule has 0 atom stereocenters. The summed E-state index contributed by atoms with van der Waals surface area (Å²) in [6.07, 6.45) is 1.54. The van der Waals surface area contributed by atoms with Crippen LogP contribution in [0.1, 0.15) is 37.0 Å². The number of carbonyl (C=O) groups is 1. The van der Waals surface area contributed by atoms with Crippen molar-refractivity contribution in [1.29, 1.82) is 5.41 Å². The molecule has 1 aromatic rings. The third kappa shape index (κ3) is 4.50. The van der Waals surface area contributed by atoms with Gasteiger partial charge in [-0.1, -0.05) is 11.6 Å². The van der Waals surface area contributed by atoms with E-state index in [9.17, 15) is 9.18 Å². The van der Waals surface area contributed by atoms with Gasteiger partial charge in [-0.2, -0.15) is 0 Å². The number of aliphatic imine (C=N–C) groups is 1. The van der Waals surface area contributed by atoms with E-state index in [2.05, 4.69) is 15.6 Å². The smallest absolute Gasteiger partial charge is 0.258 e. The molecule has 1 amide bonds. The molecule has 4 rings (SSSR count). The number of likely N-dealkylation sites (tertiary alicyclic amines) is 1. The molecular formula is C22H25ClFN5O2. The minimum Gasteiger partial charge on any atom is -0.489 e. The molecule has 0 aromatic heterocycles. The molecule has 3 heterocycles. The van der Waals surface area contributed by atoms with Gasteiger partial charge < -0.3 is 25.7 Å². The maximum atomic E-state index is 13.9. The van der Waals surface area contributed by atoms with Crippen LogP contribution in [0.15, 0.2) is 45.3 Å². The second-order valence-corrected chi connectivity index (χ2v) is 8.31. The lowest BCUT2D eigenvalue weighted by molar-refractivity contribution is 0.0793. The van der Waals surface area contributed by atoms with Gasteiger partial charge in [0, 0.05) is 17.3 Å². The Kier molecular flexibility index (Phi) is 6.11. The maximum Gasteiger partial charge on any atom is 0.258 e. The zero-order valence-electron chi connectivity index (χ0n) is 17.5. The van der Waals surface area contributed by atoms with Crippen molar-refractivity contribution in [3.05, 3.63) is 51.7 Å². The lowest BCUT2D eigenvalue weighted by Gasteiger charge is -2.25. The van der Waals surface area contributed by atoms with Crippen LogP contribution in [0, 0.1) is 11.2 Å². The number of hydrogen-bond donors (Lipinski definition) is 3. The number of halogens is 2. The van der Waals surface area contributed by atoms with Crippen LogP contribution in [-0.4, -0.2) is 54.5 Å². The van der Waals surface area contributed by atoms with Gasteiger partial charge in [0.25, 0.3) is 5.91 Å². The molecule has 164 valence electrons. The van der Waals surface area contributed by atoms with E-state index in [0.29, 0.717) is 33.4 Å². The summed E-state index contributed by atoms with van der Waals surface area (Å²) in [7, 11) is 0. The van der Waals surface area contributed by atoms with Gasteiger partial charge in [-0.05, 0) is 51.9 Å². The predicted molar refractivity (Wildman–Crippen MR) is 118 cm³/mol. The van der Waals surface area contributed by atoms with Crippen molar-refractivity contribution in [2.75, 3.05) is 26.2 Å². The molecule has 7 nitrogen and oxygen atoms in total. The Balaban J connectivity index is 1.57. The van der Waals surface area contributed by atoms with Crippen LogP contribution < -0.4 is 15.4 Å². The Morgan fingerprint density at radius 1 is 1.29 bits per heavy atom. The molecule has 0 aliphatic carbocycles. The lowest BCUT2D eigenvalue weighted by Crippen LogP contribution is -2.35. The van der Waals surface area contributed by atoms with Crippen LogP contribution in [0.3, 0.4) is 0 Å². The van der Waals surface area contributed by atoms with Gasteiger partial charge >= 0.3 is 0 Å². The highest BCUT2D eigenvalue weighted by atomic mass is 35.5. The van der Waals surface area contributed by atoms with Crippen molar-refractivity contribution in [3.8, 4) is 5.75 Å². The van der Waals surface area contributed by atoms with Crippen LogP contribution in [0.4, 0.5) is 4.39 Å². The molecule has 3 aliphatic rings. The Bertz CT molecular complexity index is 1030. The number of ether oxygens (including phenoxy) is 1. The van der Waals surface area contributed by atoms with Crippen molar-refractivity contribution in [2.45, 2.75) is 32.8 Å². The number of allylic oxidation sites excluding steroid dienone is 2. The number of rotatable bonds is 3. The summed E-state index contributed by atoms with van der Waals surface area (Å²) in [5.41, 5.74) is 2.66. The summed E-state index contributed by atoms with van der Waals surface area (Å²) < 4.78 is 19.9. The number of hydrogen-bond acceptors (Lipinski definition) is 6. The second kappa shape index (κ2) is 8.80. The molecule has 31 heavy (non-hydrogen) atoms. The number of nitrogens with zero attached hydrogens (tertiary/aromatic N) is 2. The third-order valence-electron chi connectivity index (χ3n) is 5.62. The molecule has 2 saturated heterocycles. The number of amides is 1. The van der Waals surface area contributed by atoms with E-state index >= 15 is 0 Å². The SMILES string of the molecule is CC1=N/C(=C2\CN(C(=O)c3ccc(F)cc3OC3CCNCC3)CC2=N)NC(C)=C1Cl. The molecule has 3 aliphatic heterocycles. The standard InChI is InChI=1S/C22H25ClFN5O2/c1-12-20(23)13(2)28-21(27-12)17-10-29(11-18(17)25)22(30)16-4-3-14(24)9-19(16)31-15-5-7-26-8-6-15/h3-4,9,15,25-27H,5-8,10-11H2,1-2H3/b21-17+,25-18?.